The summed E-state index contributed by atoms with van der Waals surface area (Å²) in [5, 5.41) is 0. The number of para-hydroxylation sites is 1. The number of ketones is 1. The van der Waals surface area contributed by atoms with E-state index in [1.54, 1.807) is 0 Å². The fourth-order valence-corrected chi connectivity index (χ4v) is 2.76. The van der Waals surface area contributed by atoms with Gasteiger partial charge in [0, 0.05) is 31.6 Å². The van der Waals surface area contributed by atoms with Crippen LogP contribution in [-0.4, -0.2) is 18.9 Å². The van der Waals surface area contributed by atoms with E-state index in [9.17, 15) is 4.79 Å². The highest BCUT2D eigenvalue weighted by Gasteiger charge is 2.20. The molecule has 1 atom stereocenters. The van der Waals surface area contributed by atoms with Gasteiger partial charge in [0.15, 0.2) is 0 Å². The van der Waals surface area contributed by atoms with Gasteiger partial charge in [0.05, 0.1) is 0 Å². The van der Waals surface area contributed by atoms with Crippen molar-refractivity contribution < 1.29 is 4.79 Å². The molecule has 2 nitrogen and oxygen atoms in total. The third kappa shape index (κ3) is 3.12. The minimum atomic E-state index is 0.383. The molecule has 1 heterocycles. The number of carbonyl (C=O) groups excluding carboxylic acids is 1. The number of nitrogens with zero attached hydrogens (tertiary/aromatic N) is 1. The summed E-state index contributed by atoms with van der Waals surface area (Å²) >= 11 is 0. The lowest BCUT2D eigenvalue weighted by Crippen LogP contribution is -2.35. The van der Waals surface area contributed by atoms with Gasteiger partial charge in [0.25, 0.3) is 0 Å². The summed E-state index contributed by atoms with van der Waals surface area (Å²) in [7, 11) is 0. The first-order valence-corrected chi connectivity index (χ1v) is 7.05. The summed E-state index contributed by atoms with van der Waals surface area (Å²) < 4.78 is 0. The Bertz CT molecular complexity index is 413. The Morgan fingerprint density at radius 3 is 2.94 bits per heavy atom. The van der Waals surface area contributed by atoms with Crippen molar-refractivity contribution in [3.63, 3.8) is 0 Å². The Labute approximate surface area is 110 Å². The van der Waals surface area contributed by atoms with Gasteiger partial charge in [-0.3, -0.25) is 4.79 Å². The molecule has 98 valence electrons. The summed E-state index contributed by atoms with van der Waals surface area (Å²) in [5.41, 5.74) is 2.83. The maximum Gasteiger partial charge on any atom is 0.132 e. The Morgan fingerprint density at radius 2 is 2.17 bits per heavy atom. The molecule has 1 aliphatic rings. The van der Waals surface area contributed by atoms with Gasteiger partial charge in [0.2, 0.25) is 0 Å². The lowest BCUT2D eigenvalue weighted by molar-refractivity contribution is -0.118. The van der Waals surface area contributed by atoms with Crippen LogP contribution in [-0.2, 0) is 11.2 Å². The first kappa shape index (κ1) is 13.1. The number of fused-ring (bicyclic) bond motifs is 1. The minimum Gasteiger partial charge on any atom is -0.371 e. The van der Waals surface area contributed by atoms with Crippen LogP contribution < -0.4 is 4.90 Å². The topological polar surface area (TPSA) is 20.3 Å². The van der Waals surface area contributed by atoms with Gasteiger partial charge in [-0.15, -0.1) is 0 Å². The van der Waals surface area contributed by atoms with E-state index in [0.717, 1.165) is 25.9 Å². The monoisotopic (exact) mass is 245 g/mol. The summed E-state index contributed by atoms with van der Waals surface area (Å²) in [4.78, 5) is 13.8. The number of hydrogen-bond acceptors (Lipinski definition) is 2. The molecule has 0 aliphatic carbocycles. The van der Waals surface area contributed by atoms with Crippen LogP contribution in [0.15, 0.2) is 24.3 Å². The molecule has 0 spiro atoms. The van der Waals surface area contributed by atoms with Crippen LogP contribution in [0.25, 0.3) is 0 Å². The fraction of sp³-hybridized carbons (Fsp3) is 0.562. The van der Waals surface area contributed by atoms with E-state index in [2.05, 4.69) is 36.1 Å². The zero-order valence-corrected chi connectivity index (χ0v) is 11.5. The third-order valence-electron chi connectivity index (χ3n) is 3.71. The van der Waals surface area contributed by atoms with Crippen molar-refractivity contribution >= 4 is 11.5 Å². The lowest BCUT2D eigenvalue weighted by atomic mass is 9.93. The van der Waals surface area contributed by atoms with E-state index in [1.165, 1.54) is 17.7 Å². The fourth-order valence-electron chi connectivity index (χ4n) is 2.76. The number of benzene rings is 1. The van der Waals surface area contributed by atoms with Crippen molar-refractivity contribution in [1.82, 2.24) is 0 Å². The summed E-state index contributed by atoms with van der Waals surface area (Å²) in [6.45, 7) is 6.38. The van der Waals surface area contributed by atoms with E-state index in [0.29, 0.717) is 18.1 Å². The summed E-state index contributed by atoms with van der Waals surface area (Å²) in [6, 6.07) is 8.67. The molecule has 2 rings (SSSR count). The van der Waals surface area contributed by atoms with E-state index >= 15 is 0 Å². The van der Waals surface area contributed by atoms with Crippen molar-refractivity contribution in [2.75, 3.05) is 18.0 Å². The Hall–Kier alpha value is -1.31. The normalized spacial score (nSPS) is 18.6. The maximum absolute atomic E-state index is 11.3. The number of carbonyl (C=O) groups is 1. The predicted molar refractivity (Wildman–Crippen MR) is 76.1 cm³/mol. The van der Waals surface area contributed by atoms with Gasteiger partial charge in [-0.25, -0.2) is 0 Å². The highest BCUT2D eigenvalue weighted by atomic mass is 16.1. The van der Waals surface area contributed by atoms with E-state index in [-0.39, 0.29) is 0 Å². The van der Waals surface area contributed by atoms with Crippen LogP contribution in [0.2, 0.25) is 0 Å². The Balaban J connectivity index is 1.98. The van der Waals surface area contributed by atoms with Crippen molar-refractivity contribution in [1.29, 1.82) is 0 Å². The highest BCUT2D eigenvalue weighted by molar-refractivity contribution is 5.78. The van der Waals surface area contributed by atoms with Crippen LogP contribution in [0, 0.1) is 5.92 Å². The van der Waals surface area contributed by atoms with Gasteiger partial charge in [0.1, 0.15) is 5.78 Å². The van der Waals surface area contributed by atoms with Crippen molar-refractivity contribution in [2.24, 2.45) is 5.92 Å². The van der Waals surface area contributed by atoms with Gasteiger partial charge < -0.3 is 4.90 Å². The standard InChI is InChI=1S/C16H23NO/c1-3-15(18)8-6-10-17-12-13(2)11-14-7-4-5-9-16(14)17/h4-5,7,9,13H,3,6,8,10-12H2,1-2H3. The molecule has 0 bridgehead atoms. The van der Waals surface area contributed by atoms with E-state index < -0.39 is 0 Å². The molecular formula is C16H23NO. The molecule has 0 aromatic heterocycles. The van der Waals surface area contributed by atoms with Crippen molar-refractivity contribution in [2.45, 2.75) is 39.5 Å². The van der Waals surface area contributed by atoms with Gasteiger partial charge in [-0.2, -0.15) is 0 Å². The molecule has 1 aromatic carbocycles. The smallest absolute Gasteiger partial charge is 0.132 e. The second kappa shape index (κ2) is 6.03. The second-order valence-corrected chi connectivity index (χ2v) is 5.38. The molecule has 0 N–H and O–H groups in total. The van der Waals surface area contributed by atoms with Gasteiger partial charge in [-0.05, 0) is 30.4 Å². The molecule has 0 saturated heterocycles. The minimum absolute atomic E-state index is 0.383. The quantitative estimate of drug-likeness (QED) is 0.792. The van der Waals surface area contributed by atoms with Crippen LogP contribution in [0.3, 0.4) is 0 Å². The van der Waals surface area contributed by atoms with Gasteiger partial charge >= 0.3 is 0 Å². The molecular weight excluding hydrogens is 222 g/mol. The van der Waals surface area contributed by atoms with Crippen LogP contribution in [0.4, 0.5) is 5.69 Å². The molecule has 0 amide bonds. The van der Waals surface area contributed by atoms with E-state index in [4.69, 9.17) is 0 Å². The highest BCUT2D eigenvalue weighted by Crippen LogP contribution is 2.29. The van der Waals surface area contributed by atoms with Gasteiger partial charge in [-0.1, -0.05) is 32.0 Å². The predicted octanol–water partition coefficient (Wildman–Crippen LogP) is 3.44. The van der Waals surface area contributed by atoms with Crippen LogP contribution >= 0.6 is 0 Å². The SMILES string of the molecule is CCC(=O)CCCN1CC(C)Cc2ccccc21. The Morgan fingerprint density at radius 1 is 1.39 bits per heavy atom. The third-order valence-corrected chi connectivity index (χ3v) is 3.71. The molecule has 0 radical (unpaired) electrons. The molecule has 1 aromatic rings. The average Bonchev–Trinajstić information content (AvgIpc) is 2.38. The zero-order valence-electron chi connectivity index (χ0n) is 11.5. The molecule has 0 fully saturated rings. The zero-order chi connectivity index (χ0) is 13.0. The first-order chi connectivity index (χ1) is 8.70. The molecule has 1 unspecified atom stereocenters. The van der Waals surface area contributed by atoms with Crippen LogP contribution in [0.1, 0.15) is 38.7 Å². The molecule has 2 heteroatoms. The molecule has 18 heavy (non-hydrogen) atoms. The molecule has 0 saturated carbocycles. The molecule has 1 aliphatic heterocycles. The average molecular weight is 245 g/mol. The number of anilines is 1. The second-order valence-electron chi connectivity index (χ2n) is 5.38. The van der Waals surface area contributed by atoms with Crippen molar-refractivity contribution in [3.8, 4) is 0 Å². The largest absolute Gasteiger partial charge is 0.371 e. The number of rotatable bonds is 5. The number of Topliss-reactive ketones (excluding diaryl/α,β-unsaturated/α-hetero) is 1. The lowest BCUT2D eigenvalue weighted by Gasteiger charge is -2.34. The summed E-state index contributed by atoms with van der Waals surface area (Å²) in [6.07, 6.45) is 3.56. The maximum atomic E-state index is 11.3. The summed E-state index contributed by atoms with van der Waals surface area (Å²) in [5.74, 6) is 1.09. The van der Waals surface area contributed by atoms with Crippen molar-refractivity contribution in [3.05, 3.63) is 29.8 Å². The first-order valence-electron chi connectivity index (χ1n) is 7.05. The van der Waals surface area contributed by atoms with E-state index in [1.807, 2.05) is 6.92 Å². The number of hydrogen-bond donors (Lipinski definition) is 0. The Kier molecular flexibility index (Phi) is 4.40. The van der Waals surface area contributed by atoms with Crippen LogP contribution in [0.5, 0.6) is 0 Å².